The Morgan fingerprint density at radius 1 is 1.06 bits per heavy atom. The Morgan fingerprint density at radius 3 is 2.24 bits per heavy atom. The van der Waals surface area contributed by atoms with Crippen LogP contribution in [-0.2, 0) is 13.0 Å². The second kappa shape index (κ2) is 6.46. The van der Waals surface area contributed by atoms with Gasteiger partial charge in [0.1, 0.15) is 0 Å². The van der Waals surface area contributed by atoms with Crippen molar-refractivity contribution >= 4 is 11.8 Å². The highest BCUT2D eigenvalue weighted by Gasteiger charge is 2.10. The molecule has 0 radical (unpaired) electrons. The lowest BCUT2D eigenvalue weighted by Gasteiger charge is -2.26. The molecule has 1 aromatic rings. The van der Waals surface area contributed by atoms with Crippen molar-refractivity contribution < 1.29 is 0 Å². The Hall–Kier alpha value is -0.470. The molecule has 1 nitrogen and oxygen atoms in total. The van der Waals surface area contributed by atoms with Crippen LogP contribution in [0.1, 0.15) is 25.0 Å². The first-order valence-corrected chi connectivity index (χ1v) is 7.77. The standard InChI is InChI=1S/C15H23NS/c1-13(2)11-14-3-5-15(6-4-14)12-16-7-9-17-10-8-16/h3-6,13H,7-12H2,1-2H3. The van der Waals surface area contributed by atoms with E-state index in [-0.39, 0.29) is 0 Å². The van der Waals surface area contributed by atoms with Crippen molar-refractivity contribution in [3.8, 4) is 0 Å². The number of hydrogen-bond acceptors (Lipinski definition) is 2. The van der Waals surface area contributed by atoms with Crippen LogP contribution in [0.2, 0.25) is 0 Å². The molecule has 0 spiro atoms. The van der Waals surface area contributed by atoms with E-state index in [0.717, 1.165) is 12.5 Å². The van der Waals surface area contributed by atoms with Gasteiger partial charge in [0.05, 0.1) is 0 Å². The number of hydrogen-bond donors (Lipinski definition) is 0. The maximum absolute atomic E-state index is 2.56. The summed E-state index contributed by atoms with van der Waals surface area (Å²) in [6.07, 6.45) is 1.20. The average molecular weight is 249 g/mol. The van der Waals surface area contributed by atoms with Gasteiger partial charge < -0.3 is 0 Å². The monoisotopic (exact) mass is 249 g/mol. The number of thioether (sulfide) groups is 1. The molecule has 0 bridgehead atoms. The van der Waals surface area contributed by atoms with Gasteiger partial charge in [-0.3, -0.25) is 4.90 Å². The Balaban J connectivity index is 1.88. The molecule has 2 rings (SSSR count). The largest absolute Gasteiger partial charge is 0.297 e. The number of rotatable bonds is 4. The van der Waals surface area contributed by atoms with Crippen LogP contribution in [0.25, 0.3) is 0 Å². The van der Waals surface area contributed by atoms with Gasteiger partial charge in [0.15, 0.2) is 0 Å². The molecular formula is C15H23NS. The van der Waals surface area contributed by atoms with Crippen molar-refractivity contribution in [1.29, 1.82) is 0 Å². The van der Waals surface area contributed by atoms with E-state index in [1.165, 1.54) is 42.1 Å². The van der Waals surface area contributed by atoms with Gasteiger partial charge in [-0.1, -0.05) is 38.1 Å². The summed E-state index contributed by atoms with van der Waals surface area (Å²) in [6.45, 7) is 8.18. The summed E-state index contributed by atoms with van der Waals surface area (Å²) >= 11 is 2.08. The van der Waals surface area contributed by atoms with Gasteiger partial charge in [0.25, 0.3) is 0 Å². The molecule has 17 heavy (non-hydrogen) atoms. The van der Waals surface area contributed by atoms with Crippen LogP contribution in [0.5, 0.6) is 0 Å². The van der Waals surface area contributed by atoms with E-state index >= 15 is 0 Å². The molecule has 1 aromatic carbocycles. The van der Waals surface area contributed by atoms with E-state index in [0.29, 0.717) is 0 Å². The first-order chi connectivity index (χ1) is 8.24. The predicted molar refractivity (Wildman–Crippen MR) is 77.6 cm³/mol. The molecule has 1 heterocycles. The highest BCUT2D eigenvalue weighted by molar-refractivity contribution is 7.99. The van der Waals surface area contributed by atoms with Crippen molar-refractivity contribution in [3.05, 3.63) is 35.4 Å². The number of nitrogens with zero attached hydrogens (tertiary/aromatic N) is 1. The van der Waals surface area contributed by atoms with Gasteiger partial charge in [0.2, 0.25) is 0 Å². The van der Waals surface area contributed by atoms with E-state index in [1.54, 1.807) is 0 Å². The highest BCUT2D eigenvalue weighted by Crippen LogP contribution is 2.14. The fourth-order valence-corrected chi connectivity index (χ4v) is 3.25. The zero-order chi connectivity index (χ0) is 12.1. The number of benzene rings is 1. The summed E-state index contributed by atoms with van der Waals surface area (Å²) in [5.74, 6) is 3.34. The van der Waals surface area contributed by atoms with Crippen molar-refractivity contribution in [2.45, 2.75) is 26.8 Å². The summed E-state index contributed by atoms with van der Waals surface area (Å²) in [5.41, 5.74) is 2.93. The third-order valence-electron chi connectivity index (χ3n) is 3.18. The highest BCUT2D eigenvalue weighted by atomic mass is 32.2. The van der Waals surface area contributed by atoms with E-state index in [1.807, 2.05) is 0 Å². The van der Waals surface area contributed by atoms with E-state index in [2.05, 4.69) is 54.8 Å². The van der Waals surface area contributed by atoms with Crippen LogP contribution >= 0.6 is 11.8 Å². The molecule has 0 unspecified atom stereocenters. The van der Waals surface area contributed by atoms with Crippen LogP contribution in [0, 0.1) is 5.92 Å². The van der Waals surface area contributed by atoms with Gasteiger partial charge in [-0.2, -0.15) is 11.8 Å². The van der Waals surface area contributed by atoms with Crippen molar-refractivity contribution in [3.63, 3.8) is 0 Å². The quantitative estimate of drug-likeness (QED) is 0.804. The first-order valence-electron chi connectivity index (χ1n) is 6.62. The molecule has 1 aliphatic rings. The van der Waals surface area contributed by atoms with Crippen LogP contribution < -0.4 is 0 Å². The maximum Gasteiger partial charge on any atom is 0.0234 e. The zero-order valence-electron chi connectivity index (χ0n) is 11.0. The molecule has 2 heteroatoms. The molecule has 0 atom stereocenters. The molecule has 0 aliphatic carbocycles. The normalized spacial score (nSPS) is 17.6. The summed E-state index contributed by atoms with van der Waals surface area (Å²) in [7, 11) is 0. The second-order valence-electron chi connectivity index (χ2n) is 5.30. The van der Waals surface area contributed by atoms with Crippen molar-refractivity contribution in [1.82, 2.24) is 4.90 Å². The lowest BCUT2D eigenvalue weighted by molar-refractivity contribution is 0.294. The Labute approximate surface area is 110 Å². The molecule has 0 saturated carbocycles. The Morgan fingerprint density at radius 2 is 1.65 bits per heavy atom. The fraction of sp³-hybridized carbons (Fsp3) is 0.600. The molecule has 94 valence electrons. The lowest BCUT2D eigenvalue weighted by atomic mass is 10.0. The van der Waals surface area contributed by atoms with Crippen LogP contribution in [0.3, 0.4) is 0 Å². The topological polar surface area (TPSA) is 3.24 Å². The van der Waals surface area contributed by atoms with Gasteiger partial charge in [-0.25, -0.2) is 0 Å². The average Bonchev–Trinajstić information content (AvgIpc) is 2.32. The minimum absolute atomic E-state index is 0.750. The summed E-state index contributed by atoms with van der Waals surface area (Å²) in [6, 6.07) is 9.21. The Bertz CT molecular complexity index is 325. The second-order valence-corrected chi connectivity index (χ2v) is 6.53. The van der Waals surface area contributed by atoms with Crippen LogP contribution in [0.15, 0.2) is 24.3 Å². The van der Waals surface area contributed by atoms with E-state index in [4.69, 9.17) is 0 Å². The summed E-state index contributed by atoms with van der Waals surface area (Å²) < 4.78 is 0. The molecule has 1 saturated heterocycles. The smallest absolute Gasteiger partial charge is 0.0234 e. The molecule has 0 amide bonds. The lowest BCUT2D eigenvalue weighted by Crippen LogP contribution is -2.31. The van der Waals surface area contributed by atoms with Gasteiger partial charge >= 0.3 is 0 Å². The first kappa shape index (κ1) is 13.0. The molecule has 1 fully saturated rings. The SMILES string of the molecule is CC(C)Cc1ccc(CN2CCSCC2)cc1. The van der Waals surface area contributed by atoms with Crippen LogP contribution in [-0.4, -0.2) is 29.5 Å². The molecule has 1 aliphatic heterocycles. The summed E-state index contributed by atoms with van der Waals surface area (Å²) in [4.78, 5) is 2.56. The minimum Gasteiger partial charge on any atom is -0.297 e. The predicted octanol–water partition coefficient (Wildman–Crippen LogP) is 3.43. The Kier molecular flexibility index (Phi) is 4.93. The van der Waals surface area contributed by atoms with Crippen molar-refractivity contribution in [2.75, 3.05) is 24.6 Å². The van der Waals surface area contributed by atoms with Crippen LogP contribution in [0.4, 0.5) is 0 Å². The van der Waals surface area contributed by atoms with E-state index in [9.17, 15) is 0 Å². The molecule has 0 aromatic heterocycles. The molecular weight excluding hydrogens is 226 g/mol. The fourth-order valence-electron chi connectivity index (χ4n) is 2.27. The van der Waals surface area contributed by atoms with E-state index < -0.39 is 0 Å². The van der Waals surface area contributed by atoms with Gasteiger partial charge in [-0.05, 0) is 23.5 Å². The van der Waals surface area contributed by atoms with Crippen molar-refractivity contribution in [2.24, 2.45) is 5.92 Å². The van der Waals surface area contributed by atoms with Gasteiger partial charge in [-0.15, -0.1) is 0 Å². The summed E-state index contributed by atoms with van der Waals surface area (Å²) in [5, 5.41) is 0. The third-order valence-corrected chi connectivity index (χ3v) is 4.12. The van der Waals surface area contributed by atoms with Gasteiger partial charge in [0, 0.05) is 31.1 Å². The molecule has 0 N–H and O–H groups in total. The maximum atomic E-state index is 2.56. The third kappa shape index (κ3) is 4.36. The minimum atomic E-state index is 0.750. The zero-order valence-corrected chi connectivity index (χ0v) is 11.8.